The molecule has 0 amide bonds. The Morgan fingerprint density at radius 2 is 1.48 bits per heavy atom. The zero-order chi connectivity index (χ0) is 21.2. The maximum atomic E-state index is 12.4. The Balaban J connectivity index is 1.84. The molecule has 3 aromatic carbocycles. The third-order valence-electron chi connectivity index (χ3n) is 5.30. The number of aldehydes is 1. The maximum Gasteiger partial charge on any atom is 0.343 e. The number of hydrogen-bond donors (Lipinski definition) is 1. The van der Waals surface area contributed by atoms with Crippen LogP contribution in [0.3, 0.4) is 0 Å². The van der Waals surface area contributed by atoms with Crippen LogP contribution in [0.1, 0.15) is 56.8 Å². The van der Waals surface area contributed by atoms with E-state index < -0.39 is 5.97 Å². The summed E-state index contributed by atoms with van der Waals surface area (Å²) in [5, 5.41) is 9.80. The van der Waals surface area contributed by atoms with Gasteiger partial charge in [-0.1, -0.05) is 50.2 Å². The number of ether oxygens (including phenoxy) is 1. The van der Waals surface area contributed by atoms with Gasteiger partial charge in [0.1, 0.15) is 17.8 Å². The van der Waals surface area contributed by atoms with Gasteiger partial charge in [-0.3, -0.25) is 4.79 Å². The topological polar surface area (TPSA) is 63.6 Å². The van der Waals surface area contributed by atoms with Gasteiger partial charge >= 0.3 is 5.97 Å². The zero-order valence-corrected chi connectivity index (χ0v) is 17.0. The summed E-state index contributed by atoms with van der Waals surface area (Å²) in [4.78, 5) is 23.1. The van der Waals surface area contributed by atoms with Gasteiger partial charge in [0.15, 0.2) is 0 Å². The largest absolute Gasteiger partial charge is 0.508 e. The van der Waals surface area contributed by atoms with E-state index in [0.717, 1.165) is 28.5 Å². The van der Waals surface area contributed by atoms with E-state index in [1.54, 1.807) is 36.4 Å². The van der Waals surface area contributed by atoms with Gasteiger partial charge in [-0.05, 0) is 60.4 Å². The number of hydrogen-bond acceptors (Lipinski definition) is 4. The molecule has 3 rings (SSSR count). The van der Waals surface area contributed by atoms with Crippen molar-refractivity contribution in [3.8, 4) is 11.5 Å². The Hall–Kier alpha value is -3.40. The van der Waals surface area contributed by atoms with Crippen LogP contribution in [0.2, 0.25) is 0 Å². The van der Waals surface area contributed by atoms with Crippen LogP contribution in [0.25, 0.3) is 0 Å². The van der Waals surface area contributed by atoms with Crippen LogP contribution in [0.4, 0.5) is 0 Å². The van der Waals surface area contributed by atoms with E-state index in [4.69, 9.17) is 4.74 Å². The third-order valence-corrected chi connectivity index (χ3v) is 5.30. The molecule has 0 saturated heterocycles. The molecule has 0 aliphatic rings. The second-order valence-electron chi connectivity index (χ2n) is 7.74. The van der Waals surface area contributed by atoms with Crippen molar-refractivity contribution in [3.05, 3.63) is 94.0 Å². The Kier molecular flexibility index (Phi) is 5.55. The van der Waals surface area contributed by atoms with Gasteiger partial charge in [0.2, 0.25) is 0 Å². The molecule has 0 bridgehead atoms. The number of phenolic OH excluding ortho intramolecular Hbond substituents is 1. The van der Waals surface area contributed by atoms with Crippen molar-refractivity contribution in [2.75, 3.05) is 0 Å². The van der Waals surface area contributed by atoms with Gasteiger partial charge in [-0.25, -0.2) is 4.79 Å². The van der Waals surface area contributed by atoms with Gasteiger partial charge in [0.05, 0.1) is 5.56 Å². The number of aromatic hydroxyl groups is 1. The van der Waals surface area contributed by atoms with Crippen molar-refractivity contribution < 1.29 is 19.4 Å². The van der Waals surface area contributed by atoms with Crippen LogP contribution in [-0.4, -0.2) is 17.4 Å². The van der Waals surface area contributed by atoms with Crippen LogP contribution in [-0.2, 0) is 5.41 Å². The predicted octanol–water partition coefficient (Wildman–Crippen LogP) is 5.37. The standard InChI is InChI=1S/C25H24O4/c1-16-13-20(9-11-22(16)27)25(3,4)21-10-12-23(17(2)14-21)29-24(28)19-7-5-18(15-26)6-8-19/h5-15,27H,1-4H3. The summed E-state index contributed by atoms with van der Waals surface area (Å²) in [6.45, 7) is 8.02. The van der Waals surface area contributed by atoms with Gasteiger partial charge in [-0.2, -0.15) is 0 Å². The normalized spacial score (nSPS) is 11.2. The minimum atomic E-state index is -0.466. The molecule has 0 atom stereocenters. The number of rotatable bonds is 5. The van der Waals surface area contributed by atoms with Gasteiger partial charge < -0.3 is 9.84 Å². The van der Waals surface area contributed by atoms with Crippen LogP contribution in [0.5, 0.6) is 11.5 Å². The average Bonchev–Trinajstić information content (AvgIpc) is 2.71. The molecule has 0 aromatic heterocycles. The Bertz CT molecular complexity index is 1060. The van der Waals surface area contributed by atoms with Gasteiger partial charge in [0.25, 0.3) is 0 Å². The molecule has 0 fully saturated rings. The Morgan fingerprint density at radius 3 is 2.03 bits per heavy atom. The minimum Gasteiger partial charge on any atom is -0.508 e. The first-order chi connectivity index (χ1) is 13.7. The molecule has 29 heavy (non-hydrogen) atoms. The van der Waals surface area contributed by atoms with Crippen molar-refractivity contribution in [2.24, 2.45) is 0 Å². The molecule has 148 valence electrons. The highest BCUT2D eigenvalue weighted by molar-refractivity contribution is 5.92. The lowest BCUT2D eigenvalue weighted by molar-refractivity contribution is 0.0733. The van der Waals surface area contributed by atoms with E-state index in [9.17, 15) is 14.7 Å². The molecule has 0 unspecified atom stereocenters. The quantitative estimate of drug-likeness (QED) is 0.363. The fraction of sp³-hybridized carbons (Fsp3) is 0.200. The summed E-state index contributed by atoms with van der Waals surface area (Å²) in [6.07, 6.45) is 0.731. The zero-order valence-electron chi connectivity index (χ0n) is 17.0. The molecule has 0 aliphatic heterocycles. The second kappa shape index (κ2) is 7.92. The molecule has 0 saturated carbocycles. The van der Waals surface area contributed by atoms with Crippen LogP contribution < -0.4 is 4.74 Å². The molecule has 4 nitrogen and oxygen atoms in total. The van der Waals surface area contributed by atoms with E-state index in [0.29, 0.717) is 16.9 Å². The molecule has 0 heterocycles. The molecular weight excluding hydrogens is 364 g/mol. The highest BCUT2D eigenvalue weighted by Crippen LogP contribution is 2.35. The first kappa shape index (κ1) is 20.3. The van der Waals surface area contributed by atoms with Crippen molar-refractivity contribution >= 4 is 12.3 Å². The lowest BCUT2D eigenvalue weighted by Crippen LogP contribution is -2.19. The van der Waals surface area contributed by atoms with Crippen LogP contribution in [0, 0.1) is 13.8 Å². The summed E-state index contributed by atoms with van der Waals surface area (Å²) in [5.41, 5.74) is 4.47. The fourth-order valence-corrected chi connectivity index (χ4v) is 3.22. The van der Waals surface area contributed by atoms with E-state index in [2.05, 4.69) is 13.8 Å². The molecule has 1 N–H and O–H groups in total. The first-order valence-corrected chi connectivity index (χ1v) is 9.41. The fourth-order valence-electron chi connectivity index (χ4n) is 3.22. The summed E-state index contributed by atoms with van der Waals surface area (Å²) in [7, 11) is 0. The highest BCUT2D eigenvalue weighted by atomic mass is 16.5. The smallest absolute Gasteiger partial charge is 0.343 e. The number of benzene rings is 3. The number of aryl methyl sites for hydroxylation is 2. The van der Waals surface area contributed by atoms with Crippen molar-refractivity contribution in [1.82, 2.24) is 0 Å². The third kappa shape index (κ3) is 4.21. The monoisotopic (exact) mass is 388 g/mol. The van der Waals surface area contributed by atoms with E-state index in [1.165, 1.54) is 0 Å². The number of carbonyl (C=O) groups is 2. The van der Waals surface area contributed by atoms with E-state index >= 15 is 0 Å². The molecule has 0 radical (unpaired) electrons. The summed E-state index contributed by atoms with van der Waals surface area (Å²) in [5.74, 6) is 0.312. The van der Waals surface area contributed by atoms with E-state index in [-0.39, 0.29) is 11.2 Å². The predicted molar refractivity (Wildman–Crippen MR) is 113 cm³/mol. The summed E-state index contributed by atoms with van der Waals surface area (Å²) >= 11 is 0. The second-order valence-corrected chi connectivity index (χ2v) is 7.74. The van der Waals surface area contributed by atoms with Gasteiger partial charge in [-0.15, -0.1) is 0 Å². The first-order valence-electron chi connectivity index (χ1n) is 9.41. The lowest BCUT2D eigenvalue weighted by Gasteiger charge is -2.27. The Morgan fingerprint density at radius 1 is 0.897 bits per heavy atom. The van der Waals surface area contributed by atoms with Crippen LogP contribution in [0.15, 0.2) is 60.7 Å². The summed E-state index contributed by atoms with van der Waals surface area (Å²) in [6, 6.07) is 17.7. The Labute approximate surface area is 170 Å². The SMILES string of the molecule is Cc1cc(C(C)(C)c2ccc(OC(=O)c3ccc(C=O)cc3)c(C)c2)ccc1O. The van der Waals surface area contributed by atoms with E-state index in [1.807, 2.05) is 38.1 Å². The number of esters is 1. The minimum absolute atomic E-state index is 0.281. The maximum absolute atomic E-state index is 12.4. The van der Waals surface area contributed by atoms with Crippen molar-refractivity contribution in [1.29, 1.82) is 0 Å². The molecular formula is C25H24O4. The number of carbonyl (C=O) groups excluding carboxylic acids is 2. The van der Waals surface area contributed by atoms with Crippen molar-refractivity contribution in [3.63, 3.8) is 0 Å². The molecule has 0 spiro atoms. The van der Waals surface area contributed by atoms with Crippen molar-refractivity contribution in [2.45, 2.75) is 33.1 Å². The molecule has 4 heteroatoms. The average molecular weight is 388 g/mol. The molecule has 0 aliphatic carbocycles. The molecule has 3 aromatic rings. The lowest BCUT2D eigenvalue weighted by atomic mass is 9.77. The summed E-state index contributed by atoms with van der Waals surface area (Å²) < 4.78 is 5.55. The van der Waals surface area contributed by atoms with Gasteiger partial charge in [0, 0.05) is 11.0 Å². The van der Waals surface area contributed by atoms with Crippen LogP contribution >= 0.6 is 0 Å². The number of phenols is 1. The highest BCUT2D eigenvalue weighted by Gasteiger charge is 2.24.